The maximum Gasteiger partial charge on any atom is 0.497 e. The maximum atomic E-state index is 14.4. The third-order valence-electron chi connectivity index (χ3n) is 4.72. The third kappa shape index (κ3) is 2.77. The predicted molar refractivity (Wildman–Crippen MR) is 83.5 cm³/mol. The fourth-order valence-electron chi connectivity index (χ4n) is 2.36. The lowest BCUT2D eigenvalue weighted by atomic mass is 9.78. The van der Waals surface area contributed by atoms with E-state index in [4.69, 9.17) is 9.31 Å². The number of nitrogens with one attached hydrogen (secondary N) is 1. The number of carbonyl (C=O) groups is 1. The third-order valence-corrected chi connectivity index (χ3v) is 4.72. The Labute approximate surface area is 130 Å². The molecule has 0 aromatic heterocycles. The van der Waals surface area contributed by atoms with Crippen molar-refractivity contribution in [1.82, 2.24) is 0 Å². The highest BCUT2D eigenvalue weighted by molar-refractivity contribution is 6.62. The van der Waals surface area contributed by atoms with Gasteiger partial charge in [0.1, 0.15) is 5.82 Å². The summed E-state index contributed by atoms with van der Waals surface area (Å²) in [6.45, 7) is 7.70. The normalized spacial score (nSPS) is 22.7. The Bertz CT molecular complexity index is 597. The molecule has 1 saturated heterocycles. The Kier molecular flexibility index (Phi) is 3.57. The van der Waals surface area contributed by atoms with E-state index in [1.807, 2.05) is 27.7 Å². The van der Waals surface area contributed by atoms with Crippen LogP contribution >= 0.6 is 0 Å². The molecule has 1 aliphatic carbocycles. The lowest BCUT2D eigenvalue weighted by Gasteiger charge is -2.32. The molecule has 1 saturated carbocycles. The summed E-state index contributed by atoms with van der Waals surface area (Å²) < 4.78 is 26.1. The van der Waals surface area contributed by atoms with Crippen LogP contribution in [-0.4, -0.2) is 24.2 Å². The lowest BCUT2D eigenvalue weighted by Crippen LogP contribution is -2.41. The molecule has 3 rings (SSSR count). The molecular formula is C16H21BFNO3. The molecule has 0 atom stereocenters. The molecule has 2 aliphatic rings. The van der Waals surface area contributed by atoms with Gasteiger partial charge >= 0.3 is 7.12 Å². The zero-order chi connectivity index (χ0) is 16.1. The van der Waals surface area contributed by atoms with E-state index in [1.54, 1.807) is 12.1 Å². The quantitative estimate of drug-likeness (QED) is 0.873. The van der Waals surface area contributed by atoms with Crippen molar-refractivity contribution in [3.05, 3.63) is 24.0 Å². The monoisotopic (exact) mass is 305 g/mol. The minimum atomic E-state index is -0.738. The molecule has 2 fully saturated rings. The van der Waals surface area contributed by atoms with Crippen LogP contribution in [0, 0.1) is 11.7 Å². The van der Waals surface area contributed by atoms with Gasteiger partial charge in [0.15, 0.2) is 0 Å². The zero-order valence-electron chi connectivity index (χ0n) is 13.4. The first-order valence-electron chi connectivity index (χ1n) is 7.65. The van der Waals surface area contributed by atoms with Crippen LogP contribution in [0.1, 0.15) is 40.5 Å². The summed E-state index contributed by atoms with van der Waals surface area (Å²) in [6.07, 6.45) is 1.83. The maximum absolute atomic E-state index is 14.4. The summed E-state index contributed by atoms with van der Waals surface area (Å²) in [4.78, 5) is 11.7. The van der Waals surface area contributed by atoms with Gasteiger partial charge in [-0.15, -0.1) is 0 Å². The molecule has 22 heavy (non-hydrogen) atoms. The molecule has 0 radical (unpaired) electrons. The Morgan fingerprint density at radius 1 is 1.23 bits per heavy atom. The van der Waals surface area contributed by atoms with Gasteiger partial charge in [-0.05, 0) is 52.7 Å². The van der Waals surface area contributed by atoms with Crippen LogP contribution in [0.15, 0.2) is 18.2 Å². The highest BCUT2D eigenvalue weighted by Crippen LogP contribution is 2.36. The van der Waals surface area contributed by atoms with Crippen LogP contribution in [0.3, 0.4) is 0 Å². The number of carbonyl (C=O) groups excluding carboxylic acids is 1. The Balaban J connectivity index is 1.77. The Morgan fingerprint density at radius 3 is 2.32 bits per heavy atom. The first-order chi connectivity index (χ1) is 10.2. The molecule has 4 nitrogen and oxygen atoms in total. The summed E-state index contributed by atoms with van der Waals surface area (Å²) in [7, 11) is -0.738. The molecule has 1 aliphatic heterocycles. The average molecular weight is 305 g/mol. The highest BCUT2D eigenvalue weighted by Gasteiger charge is 2.52. The lowest BCUT2D eigenvalue weighted by molar-refractivity contribution is -0.117. The largest absolute Gasteiger partial charge is 0.497 e. The molecule has 1 aromatic rings. The van der Waals surface area contributed by atoms with Crippen LogP contribution in [0.25, 0.3) is 0 Å². The van der Waals surface area contributed by atoms with Crippen molar-refractivity contribution in [2.75, 3.05) is 5.32 Å². The smallest absolute Gasteiger partial charge is 0.399 e. The second-order valence-electron chi connectivity index (χ2n) is 7.09. The van der Waals surface area contributed by atoms with E-state index in [9.17, 15) is 9.18 Å². The van der Waals surface area contributed by atoms with Crippen LogP contribution < -0.4 is 10.8 Å². The Morgan fingerprint density at radius 2 is 1.82 bits per heavy atom. The zero-order valence-corrected chi connectivity index (χ0v) is 13.4. The SMILES string of the molecule is CC1(C)OB(c2ccc(NC(=O)C3CC3)cc2F)OC1(C)C. The first-order valence-corrected chi connectivity index (χ1v) is 7.65. The molecule has 0 bridgehead atoms. The van der Waals surface area contributed by atoms with Crippen molar-refractivity contribution in [2.24, 2.45) is 5.92 Å². The van der Waals surface area contributed by atoms with E-state index >= 15 is 0 Å². The number of benzene rings is 1. The van der Waals surface area contributed by atoms with E-state index in [2.05, 4.69) is 5.32 Å². The molecule has 6 heteroatoms. The fraction of sp³-hybridized carbons (Fsp3) is 0.562. The van der Waals surface area contributed by atoms with Crippen LogP contribution in [0.5, 0.6) is 0 Å². The van der Waals surface area contributed by atoms with Gasteiger partial charge in [0, 0.05) is 17.1 Å². The van der Waals surface area contributed by atoms with Gasteiger partial charge in [-0.1, -0.05) is 6.07 Å². The molecule has 1 amide bonds. The molecule has 118 valence electrons. The van der Waals surface area contributed by atoms with Gasteiger partial charge in [-0.2, -0.15) is 0 Å². The van der Waals surface area contributed by atoms with Crippen molar-refractivity contribution in [1.29, 1.82) is 0 Å². The van der Waals surface area contributed by atoms with E-state index in [0.717, 1.165) is 12.8 Å². The van der Waals surface area contributed by atoms with Crippen LogP contribution in [0.2, 0.25) is 0 Å². The second kappa shape index (κ2) is 5.06. The number of halogens is 1. The first kappa shape index (κ1) is 15.5. The predicted octanol–water partition coefficient (Wildman–Crippen LogP) is 2.47. The topological polar surface area (TPSA) is 47.6 Å². The van der Waals surface area contributed by atoms with Gasteiger partial charge < -0.3 is 14.6 Å². The van der Waals surface area contributed by atoms with Crippen molar-refractivity contribution in [2.45, 2.75) is 51.7 Å². The van der Waals surface area contributed by atoms with Crippen LogP contribution in [0.4, 0.5) is 10.1 Å². The minimum absolute atomic E-state index is 0.0391. The summed E-state index contributed by atoms with van der Waals surface area (Å²) in [5.41, 5.74) is -0.205. The van der Waals surface area contributed by atoms with E-state index in [-0.39, 0.29) is 11.8 Å². The van der Waals surface area contributed by atoms with Crippen molar-refractivity contribution in [3.8, 4) is 0 Å². The van der Waals surface area contributed by atoms with Crippen molar-refractivity contribution >= 4 is 24.2 Å². The van der Waals surface area contributed by atoms with Gasteiger partial charge in [0.2, 0.25) is 5.91 Å². The number of rotatable bonds is 3. The summed E-state index contributed by atoms with van der Waals surface area (Å²) in [5.74, 6) is -0.388. The second-order valence-corrected chi connectivity index (χ2v) is 7.09. The minimum Gasteiger partial charge on any atom is -0.399 e. The molecule has 1 N–H and O–H groups in total. The molecule has 0 spiro atoms. The van der Waals surface area contributed by atoms with E-state index in [1.165, 1.54) is 6.07 Å². The van der Waals surface area contributed by atoms with Crippen LogP contribution in [-0.2, 0) is 14.1 Å². The number of anilines is 1. The fourth-order valence-corrected chi connectivity index (χ4v) is 2.36. The van der Waals surface area contributed by atoms with Gasteiger partial charge in [-0.25, -0.2) is 4.39 Å². The Hall–Kier alpha value is -1.40. The molecular weight excluding hydrogens is 284 g/mol. The average Bonchev–Trinajstić information content (AvgIpc) is 3.18. The summed E-state index contributed by atoms with van der Waals surface area (Å²) in [5, 5.41) is 2.73. The van der Waals surface area contributed by atoms with E-state index in [0.29, 0.717) is 11.2 Å². The highest BCUT2D eigenvalue weighted by atomic mass is 19.1. The number of amides is 1. The summed E-state index contributed by atoms with van der Waals surface area (Å²) in [6, 6.07) is 4.62. The van der Waals surface area contributed by atoms with Gasteiger partial charge in [-0.3, -0.25) is 4.79 Å². The van der Waals surface area contributed by atoms with Crippen molar-refractivity contribution in [3.63, 3.8) is 0 Å². The van der Waals surface area contributed by atoms with E-state index < -0.39 is 24.1 Å². The molecule has 1 heterocycles. The standard InChI is InChI=1S/C16H21BFNO3/c1-15(2)16(3,4)22-17(21-15)12-8-7-11(9-13(12)18)19-14(20)10-5-6-10/h7-10H,5-6H2,1-4H3,(H,19,20). The number of hydrogen-bond acceptors (Lipinski definition) is 3. The molecule has 0 unspecified atom stereocenters. The van der Waals surface area contributed by atoms with Crippen molar-refractivity contribution < 1.29 is 18.5 Å². The molecule has 1 aromatic carbocycles. The summed E-state index contributed by atoms with van der Waals surface area (Å²) >= 11 is 0. The number of hydrogen-bond donors (Lipinski definition) is 1. The van der Waals surface area contributed by atoms with Gasteiger partial charge in [0.05, 0.1) is 11.2 Å². The van der Waals surface area contributed by atoms with Gasteiger partial charge in [0.25, 0.3) is 0 Å².